The number of pyridine rings is 1. The summed E-state index contributed by atoms with van der Waals surface area (Å²) in [7, 11) is 1.37. The number of furan rings is 1. The van der Waals surface area contributed by atoms with Crippen LogP contribution < -0.4 is 5.32 Å². The smallest absolute Gasteiger partial charge is 0.307 e. The number of ether oxygens (including phenoxy) is 1. The Bertz CT molecular complexity index is 1110. The van der Waals surface area contributed by atoms with Crippen molar-refractivity contribution in [1.29, 1.82) is 0 Å². The molecule has 0 saturated carbocycles. The summed E-state index contributed by atoms with van der Waals surface area (Å²) in [5.41, 5.74) is 1.51. The molecule has 1 aromatic carbocycles. The number of thiocarbonyl (C=S) groups is 1. The van der Waals surface area contributed by atoms with E-state index in [0.29, 0.717) is 38.8 Å². The Balaban J connectivity index is 1.71. The lowest BCUT2D eigenvalue weighted by Crippen LogP contribution is -2.31. The van der Waals surface area contributed by atoms with Crippen LogP contribution in [0.25, 0.3) is 11.3 Å². The van der Waals surface area contributed by atoms with E-state index in [9.17, 15) is 4.79 Å². The molecule has 1 N–H and O–H groups in total. The van der Waals surface area contributed by atoms with E-state index in [1.54, 1.807) is 12.3 Å². The number of carbonyl (C=O) groups excluding carboxylic acids is 1. The topological polar surface area (TPSA) is 67.6 Å². The molecule has 1 aliphatic heterocycles. The van der Waals surface area contributed by atoms with Crippen LogP contribution >= 0.6 is 35.4 Å². The normalized spacial score (nSPS) is 18.2. The van der Waals surface area contributed by atoms with Crippen LogP contribution in [0.3, 0.4) is 0 Å². The van der Waals surface area contributed by atoms with Gasteiger partial charge in [0.15, 0.2) is 5.11 Å². The Kier molecular flexibility index (Phi) is 6.46. The van der Waals surface area contributed by atoms with Gasteiger partial charge in [0.05, 0.1) is 35.3 Å². The number of methoxy groups -OCH3 is 1. The number of carbonyl (C=O) groups is 1. The first-order valence-electron chi connectivity index (χ1n) is 9.58. The van der Waals surface area contributed by atoms with Crippen LogP contribution in [0.4, 0.5) is 0 Å². The first-order valence-corrected chi connectivity index (χ1v) is 10.7. The van der Waals surface area contributed by atoms with Crippen molar-refractivity contribution in [1.82, 2.24) is 15.2 Å². The largest absolute Gasteiger partial charge is 0.469 e. The summed E-state index contributed by atoms with van der Waals surface area (Å²) in [6.07, 6.45) is 1.92. The second-order valence-corrected chi connectivity index (χ2v) is 8.12. The highest BCUT2D eigenvalue weighted by Crippen LogP contribution is 2.42. The minimum absolute atomic E-state index is 0.192. The molecule has 4 rings (SSSR count). The minimum Gasteiger partial charge on any atom is -0.469 e. The number of nitrogens with one attached hydrogen (secondary N) is 1. The molecule has 3 heterocycles. The lowest BCUT2D eigenvalue weighted by atomic mass is 10.0. The predicted octanol–water partition coefficient (Wildman–Crippen LogP) is 5.18. The average Bonchev–Trinajstić information content (AvgIpc) is 3.39. The van der Waals surface area contributed by atoms with E-state index < -0.39 is 0 Å². The molecular weight excluding hydrogens is 457 g/mol. The standard InChI is InChI=1S/C22H19Cl2N3O3S/c1-29-18(28)10-12-27-21(20(26-22(27)31)15-7-2-3-11-25-15)17-9-8-16(30-17)13-5-4-6-14(23)19(13)24/h2-9,11,20-21H,10,12H2,1H3,(H,26,31). The summed E-state index contributed by atoms with van der Waals surface area (Å²) in [5, 5.41) is 4.71. The third-order valence-corrected chi connectivity index (χ3v) is 6.29. The van der Waals surface area contributed by atoms with E-state index in [1.165, 1.54) is 7.11 Å². The molecule has 0 spiro atoms. The molecule has 1 saturated heterocycles. The fourth-order valence-electron chi connectivity index (χ4n) is 3.62. The van der Waals surface area contributed by atoms with Gasteiger partial charge in [-0.2, -0.15) is 0 Å². The van der Waals surface area contributed by atoms with Crippen molar-refractivity contribution in [3.63, 3.8) is 0 Å². The number of nitrogens with zero attached hydrogens (tertiary/aromatic N) is 2. The number of hydrogen-bond donors (Lipinski definition) is 1. The molecule has 160 valence electrons. The van der Waals surface area contributed by atoms with Crippen LogP contribution in [0.1, 0.15) is 30.0 Å². The van der Waals surface area contributed by atoms with Crippen LogP contribution in [-0.2, 0) is 9.53 Å². The molecule has 6 nitrogen and oxygen atoms in total. The zero-order valence-corrected chi connectivity index (χ0v) is 18.9. The second-order valence-electron chi connectivity index (χ2n) is 6.95. The molecule has 1 fully saturated rings. The van der Waals surface area contributed by atoms with E-state index in [2.05, 4.69) is 10.3 Å². The van der Waals surface area contributed by atoms with Crippen molar-refractivity contribution in [3.8, 4) is 11.3 Å². The SMILES string of the molecule is COC(=O)CCN1C(=S)NC(c2ccccn2)C1c1ccc(-c2cccc(Cl)c2Cl)o1. The molecule has 0 bridgehead atoms. The third kappa shape index (κ3) is 4.39. The van der Waals surface area contributed by atoms with Crippen molar-refractivity contribution in [2.45, 2.75) is 18.5 Å². The van der Waals surface area contributed by atoms with E-state index in [0.717, 1.165) is 5.69 Å². The first kappa shape index (κ1) is 21.6. The van der Waals surface area contributed by atoms with Crippen LogP contribution in [-0.4, -0.2) is 34.6 Å². The Morgan fingerprint density at radius 3 is 2.81 bits per heavy atom. The molecule has 1 aliphatic rings. The molecule has 2 unspecified atom stereocenters. The van der Waals surface area contributed by atoms with Gasteiger partial charge in [0.2, 0.25) is 0 Å². The van der Waals surface area contributed by atoms with Gasteiger partial charge in [0.25, 0.3) is 0 Å². The maximum atomic E-state index is 11.8. The zero-order chi connectivity index (χ0) is 22.0. The van der Waals surface area contributed by atoms with Crippen molar-refractivity contribution in [2.75, 3.05) is 13.7 Å². The fourth-order valence-corrected chi connectivity index (χ4v) is 4.35. The van der Waals surface area contributed by atoms with Gasteiger partial charge in [0, 0.05) is 18.3 Å². The van der Waals surface area contributed by atoms with Gasteiger partial charge in [-0.15, -0.1) is 0 Å². The highest BCUT2D eigenvalue weighted by atomic mass is 35.5. The van der Waals surface area contributed by atoms with Crippen LogP contribution in [0.2, 0.25) is 10.0 Å². The van der Waals surface area contributed by atoms with Gasteiger partial charge >= 0.3 is 5.97 Å². The van der Waals surface area contributed by atoms with E-state index in [4.69, 9.17) is 44.6 Å². The number of esters is 1. The molecule has 0 amide bonds. The second kappa shape index (κ2) is 9.26. The van der Waals surface area contributed by atoms with Crippen molar-refractivity contribution in [2.24, 2.45) is 0 Å². The molecule has 0 radical (unpaired) electrons. The summed E-state index contributed by atoms with van der Waals surface area (Å²) in [4.78, 5) is 18.2. The quantitative estimate of drug-likeness (QED) is 0.388. The van der Waals surface area contributed by atoms with Gasteiger partial charge in [-0.05, 0) is 48.6 Å². The van der Waals surface area contributed by atoms with Crippen molar-refractivity contribution >= 4 is 46.5 Å². The van der Waals surface area contributed by atoms with Gasteiger partial charge in [0.1, 0.15) is 17.6 Å². The maximum absolute atomic E-state index is 11.8. The molecule has 3 aromatic rings. The summed E-state index contributed by atoms with van der Waals surface area (Å²) in [5.74, 6) is 0.945. The number of aromatic nitrogens is 1. The van der Waals surface area contributed by atoms with Gasteiger partial charge < -0.3 is 19.4 Å². The van der Waals surface area contributed by atoms with Crippen LogP contribution in [0.5, 0.6) is 0 Å². The van der Waals surface area contributed by atoms with E-state index >= 15 is 0 Å². The Hall–Kier alpha value is -2.61. The summed E-state index contributed by atoms with van der Waals surface area (Å²) in [6.45, 7) is 0.375. The fraction of sp³-hybridized carbons (Fsp3) is 0.227. The van der Waals surface area contributed by atoms with Gasteiger partial charge in [-0.1, -0.05) is 35.3 Å². The highest BCUT2D eigenvalue weighted by Gasteiger charge is 2.41. The van der Waals surface area contributed by atoms with Crippen LogP contribution in [0, 0.1) is 0 Å². The number of benzene rings is 1. The minimum atomic E-state index is -0.311. The van der Waals surface area contributed by atoms with Crippen LogP contribution in [0.15, 0.2) is 59.1 Å². The highest BCUT2D eigenvalue weighted by molar-refractivity contribution is 7.80. The number of rotatable bonds is 6. The van der Waals surface area contributed by atoms with E-state index in [1.807, 2.05) is 47.4 Å². The van der Waals surface area contributed by atoms with Gasteiger partial charge in [-0.25, -0.2) is 0 Å². The number of hydrogen-bond acceptors (Lipinski definition) is 5. The summed E-state index contributed by atoms with van der Waals surface area (Å²) in [6, 6.07) is 14.3. The van der Waals surface area contributed by atoms with Crippen molar-refractivity contribution < 1.29 is 13.9 Å². The number of halogens is 2. The molecular formula is C22H19Cl2N3O3S. The average molecular weight is 476 g/mol. The van der Waals surface area contributed by atoms with Crippen molar-refractivity contribution in [3.05, 3.63) is 76.2 Å². The molecule has 0 aliphatic carbocycles. The monoisotopic (exact) mass is 475 g/mol. The molecule has 2 aromatic heterocycles. The molecule has 9 heteroatoms. The summed E-state index contributed by atoms with van der Waals surface area (Å²) >= 11 is 18.1. The predicted molar refractivity (Wildman–Crippen MR) is 123 cm³/mol. The Morgan fingerprint density at radius 1 is 1.23 bits per heavy atom. The lowest BCUT2D eigenvalue weighted by Gasteiger charge is -2.25. The molecule has 2 atom stereocenters. The van der Waals surface area contributed by atoms with E-state index in [-0.39, 0.29) is 24.5 Å². The Labute approximate surface area is 195 Å². The third-order valence-electron chi connectivity index (χ3n) is 5.12. The lowest BCUT2D eigenvalue weighted by molar-refractivity contribution is -0.140. The van der Waals surface area contributed by atoms with Gasteiger partial charge in [-0.3, -0.25) is 9.78 Å². The maximum Gasteiger partial charge on any atom is 0.307 e. The molecule has 31 heavy (non-hydrogen) atoms. The first-order chi connectivity index (χ1) is 15.0. The summed E-state index contributed by atoms with van der Waals surface area (Å²) < 4.78 is 11.0. The zero-order valence-electron chi connectivity index (χ0n) is 16.5. The Morgan fingerprint density at radius 2 is 2.06 bits per heavy atom.